The van der Waals surface area contributed by atoms with Gasteiger partial charge >= 0.3 is 0 Å². The standard InChI is InChI=1S/C15H17FN2S/c1-9-8-10(6-7-11(9)16)15-18-14-12(17-2)4-3-5-13(14)19-15/h6-8,12,17H,3-5H2,1-2H3. The molecule has 1 aliphatic rings. The van der Waals surface area contributed by atoms with Crippen LogP contribution in [0.2, 0.25) is 0 Å². The number of thiazole rings is 1. The Kier molecular flexibility index (Phi) is 3.37. The first-order chi connectivity index (χ1) is 9.19. The molecular weight excluding hydrogens is 259 g/mol. The lowest BCUT2D eigenvalue weighted by atomic mass is 9.98. The van der Waals surface area contributed by atoms with E-state index in [1.807, 2.05) is 19.2 Å². The summed E-state index contributed by atoms with van der Waals surface area (Å²) in [5, 5.41) is 4.34. The van der Waals surface area contributed by atoms with Crippen LogP contribution in [0.3, 0.4) is 0 Å². The van der Waals surface area contributed by atoms with Crippen molar-refractivity contribution in [3.63, 3.8) is 0 Å². The lowest BCUT2D eigenvalue weighted by molar-refractivity contribution is 0.490. The average molecular weight is 276 g/mol. The van der Waals surface area contributed by atoms with E-state index in [0.29, 0.717) is 11.6 Å². The predicted molar refractivity (Wildman–Crippen MR) is 77.0 cm³/mol. The number of rotatable bonds is 2. The molecule has 0 amide bonds. The maximum absolute atomic E-state index is 13.3. The van der Waals surface area contributed by atoms with E-state index >= 15 is 0 Å². The molecule has 1 aromatic carbocycles. The molecule has 19 heavy (non-hydrogen) atoms. The van der Waals surface area contributed by atoms with E-state index in [1.54, 1.807) is 18.3 Å². The van der Waals surface area contributed by atoms with Gasteiger partial charge < -0.3 is 5.32 Å². The van der Waals surface area contributed by atoms with Gasteiger partial charge in [0.05, 0.1) is 11.7 Å². The summed E-state index contributed by atoms with van der Waals surface area (Å²) in [7, 11) is 1.99. The summed E-state index contributed by atoms with van der Waals surface area (Å²) in [4.78, 5) is 6.16. The molecule has 3 rings (SSSR count). The van der Waals surface area contributed by atoms with Gasteiger partial charge in [-0.2, -0.15) is 0 Å². The van der Waals surface area contributed by atoms with Gasteiger partial charge in [-0.05, 0) is 57.0 Å². The second kappa shape index (κ2) is 5.02. The molecule has 1 N–H and O–H groups in total. The summed E-state index contributed by atoms with van der Waals surface area (Å²) in [5.74, 6) is -0.154. The maximum Gasteiger partial charge on any atom is 0.126 e. The third-order valence-electron chi connectivity index (χ3n) is 3.71. The smallest absolute Gasteiger partial charge is 0.126 e. The topological polar surface area (TPSA) is 24.9 Å². The molecular formula is C15H17FN2S. The number of benzene rings is 1. The normalized spacial score (nSPS) is 18.4. The Morgan fingerprint density at radius 3 is 3.00 bits per heavy atom. The van der Waals surface area contributed by atoms with E-state index in [0.717, 1.165) is 23.4 Å². The number of hydrogen-bond acceptors (Lipinski definition) is 3. The Morgan fingerprint density at radius 1 is 1.42 bits per heavy atom. The Bertz CT molecular complexity index is 606. The number of nitrogens with zero attached hydrogens (tertiary/aromatic N) is 1. The van der Waals surface area contributed by atoms with Crippen molar-refractivity contribution >= 4 is 11.3 Å². The zero-order chi connectivity index (χ0) is 13.4. The number of aryl methyl sites for hydroxylation is 2. The third-order valence-corrected chi connectivity index (χ3v) is 4.89. The Labute approximate surface area is 116 Å². The van der Waals surface area contributed by atoms with Crippen LogP contribution in [-0.4, -0.2) is 12.0 Å². The molecule has 0 aliphatic heterocycles. The molecule has 100 valence electrons. The van der Waals surface area contributed by atoms with Crippen LogP contribution in [0.4, 0.5) is 4.39 Å². The summed E-state index contributed by atoms with van der Waals surface area (Å²) < 4.78 is 13.3. The monoisotopic (exact) mass is 276 g/mol. The number of halogens is 1. The van der Waals surface area contributed by atoms with Gasteiger partial charge in [0.15, 0.2) is 0 Å². The lowest BCUT2D eigenvalue weighted by Crippen LogP contribution is -2.21. The van der Waals surface area contributed by atoms with Gasteiger partial charge in [0, 0.05) is 10.4 Å². The first-order valence-electron chi connectivity index (χ1n) is 6.62. The van der Waals surface area contributed by atoms with Crippen LogP contribution >= 0.6 is 11.3 Å². The van der Waals surface area contributed by atoms with Gasteiger partial charge in [-0.15, -0.1) is 11.3 Å². The van der Waals surface area contributed by atoms with Crippen molar-refractivity contribution in [2.75, 3.05) is 7.05 Å². The van der Waals surface area contributed by atoms with E-state index in [-0.39, 0.29) is 5.82 Å². The van der Waals surface area contributed by atoms with Crippen LogP contribution in [0, 0.1) is 12.7 Å². The van der Waals surface area contributed by atoms with Gasteiger partial charge in [-0.25, -0.2) is 9.37 Å². The second-order valence-electron chi connectivity index (χ2n) is 5.02. The molecule has 2 nitrogen and oxygen atoms in total. The zero-order valence-corrected chi connectivity index (χ0v) is 12.0. The summed E-state index contributed by atoms with van der Waals surface area (Å²) in [6, 6.07) is 5.60. The van der Waals surface area contributed by atoms with E-state index in [2.05, 4.69) is 5.32 Å². The Balaban J connectivity index is 2.02. The zero-order valence-electron chi connectivity index (χ0n) is 11.2. The summed E-state index contributed by atoms with van der Waals surface area (Å²) >= 11 is 1.75. The third kappa shape index (κ3) is 2.30. The van der Waals surface area contributed by atoms with Crippen LogP contribution in [0.15, 0.2) is 18.2 Å². The van der Waals surface area contributed by atoms with E-state index in [1.165, 1.54) is 23.1 Å². The van der Waals surface area contributed by atoms with Gasteiger partial charge in [0.2, 0.25) is 0 Å². The maximum atomic E-state index is 13.3. The molecule has 1 heterocycles. The van der Waals surface area contributed by atoms with Crippen molar-refractivity contribution in [3.8, 4) is 10.6 Å². The molecule has 1 atom stereocenters. The SMILES string of the molecule is CNC1CCCc2sc(-c3ccc(F)c(C)c3)nc21. The van der Waals surface area contributed by atoms with E-state index < -0.39 is 0 Å². The number of nitrogens with one attached hydrogen (secondary N) is 1. The highest BCUT2D eigenvalue weighted by molar-refractivity contribution is 7.15. The summed E-state index contributed by atoms with van der Waals surface area (Å²) in [6.07, 6.45) is 3.48. The van der Waals surface area contributed by atoms with E-state index in [4.69, 9.17) is 4.98 Å². The molecule has 1 aromatic heterocycles. The quantitative estimate of drug-likeness (QED) is 0.901. The number of aromatic nitrogens is 1. The molecule has 1 aliphatic carbocycles. The highest BCUT2D eigenvalue weighted by Gasteiger charge is 2.23. The molecule has 0 spiro atoms. The van der Waals surface area contributed by atoms with Crippen molar-refractivity contribution in [3.05, 3.63) is 40.2 Å². The second-order valence-corrected chi connectivity index (χ2v) is 6.11. The first-order valence-corrected chi connectivity index (χ1v) is 7.44. The van der Waals surface area contributed by atoms with Crippen LogP contribution in [0.1, 0.15) is 35.0 Å². The number of fused-ring (bicyclic) bond motifs is 1. The van der Waals surface area contributed by atoms with Crippen molar-refractivity contribution < 1.29 is 4.39 Å². The molecule has 0 fully saturated rings. The molecule has 0 bridgehead atoms. The highest BCUT2D eigenvalue weighted by atomic mass is 32.1. The largest absolute Gasteiger partial charge is 0.312 e. The van der Waals surface area contributed by atoms with Crippen LogP contribution in [0.5, 0.6) is 0 Å². The Hall–Kier alpha value is -1.26. The molecule has 1 unspecified atom stereocenters. The first kappa shape index (κ1) is 12.8. The molecule has 0 saturated heterocycles. The molecule has 4 heteroatoms. The van der Waals surface area contributed by atoms with Crippen molar-refractivity contribution in [1.29, 1.82) is 0 Å². The highest BCUT2D eigenvalue weighted by Crippen LogP contribution is 2.37. The van der Waals surface area contributed by atoms with Crippen molar-refractivity contribution in [2.45, 2.75) is 32.2 Å². The minimum absolute atomic E-state index is 0.154. The fraction of sp³-hybridized carbons (Fsp3) is 0.400. The number of hydrogen-bond donors (Lipinski definition) is 1. The Morgan fingerprint density at radius 2 is 2.26 bits per heavy atom. The minimum Gasteiger partial charge on any atom is -0.312 e. The minimum atomic E-state index is -0.154. The van der Waals surface area contributed by atoms with E-state index in [9.17, 15) is 4.39 Å². The fourth-order valence-corrected chi connectivity index (χ4v) is 3.76. The average Bonchev–Trinajstić information content (AvgIpc) is 2.85. The van der Waals surface area contributed by atoms with Crippen LogP contribution in [0.25, 0.3) is 10.6 Å². The lowest BCUT2D eigenvalue weighted by Gasteiger charge is -2.19. The van der Waals surface area contributed by atoms with Crippen molar-refractivity contribution in [1.82, 2.24) is 10.3 Å². The van der Waals surface area contributed by atoms with Gasteiger partial charge in [-0.3, -0.25) is 0 Å². The van der Waals surface area contributed by atoms with Gasteiger partial charge in [0.25, 0.3) is 0 Å². The molecule has 0 radical (unpaired) electrons. The summed E-state index contributed by atoms with van der Waals surface area (Å²) in [5.41, 5.74) is 2.89. The van der Waals surface area contributed by atoms with Crippen LogP contribution < -0.4 is 5.32 Å². The van der Waals surface area contributed by atoms with Crippen LogP contribution in [-0.2, 0) is 6.42 Å². The molecule has 0 saturated carbocycles. The van der Waals surface area contributed by atoms with Crippen molar-refractivity contribution in [2.24, 2.45) is 0 Å². The van der Waals surface area contributed by atoms with Gasteiger partial charge in [-0.1, -0.05) is 0 Å². The fourth-order valence-electron chi connectivity index (χ4n) is 2.60. The predicted octanol–water partition coefficient (Wildman–Crippen LogP) is 3.85. The summed E-state index contributed by atoms with van der Waals surface area (Å²) in [6.45, 7) is 1.79. The van der Waals surface area contributed by atoms with Gasteiger partial charge in [0.1, 0.15) is 10.8 Å². The molecule has 2 aromatic rings.